The first-order valence-electron chi connectivity index (χ1n) is 3.14. The predicted molar refractivity (Wildman–Crippen MR) is 39.2 cm³/mol. The zero-order valence-corrected chi connectivity index (χ0v) is 7.31. The van der Waals surface area contributed by atoms with Gasteiger partial charge in [-0.15, -0.1) is 0 Å². The van der Waals surface area contributed by atoms with Crippen LogP contribution in [0.1, 0.15) is 13.8 Å². The second-order valence-corrected chi connectivity index (χ2v) is 2.45. The second kappa shape index (κ2) is 5.79. The summed E-state index contributed by atoms with van der Waals surface area (Å²) >= 11 is -1.63. The molecule has 0 bridgehead atoms. The summed E-state index contributed by atoms with van der Waals surface area (Å²) in [5.74, 6) is 0. The lowest BCUT2D eigenvalue weighted by Crippen LogP contribution is -2.24. The van der Waals surface area contributed by atoms with E-state index in [1.54, 1.807) is 5.06 Å². The van der Waals surface area contributed by atoms with Crippen molar-refractivity contribution in [3.8, 4) is 0 Å². The molecule has 0 aromatic heterocycles. The van der Waals surface area contributed by atoms with Crippen molar-refractivity contribution in [3.63, 3.8) is 0 Å². The maximum absolute atomic E-state index is 10.6. The Kier molecular flexibility index (Phi) is 5.81. The third kappa shape index (κ3) is 3.94. The molecule has 0 rings (SSSR count). The van der Waals surface area contributed by atoms with Gasteiger partial charge in [0.2, 0.25) is 0 Å². The molecule has 0 radical (unpaired) electrons. The fourth-order valence-electron chi connectivity index (χ4n) is 0.446. The van der Waals surface area contributed by atoms with Crippen molar-refractivity contribution in [2.45, 2.75) is 13.8 Å². The van der Waals surface area contributed by atoms with Crippen molar-refractivity contribution >= 4 is 11.4 Å². The van der Waals surface area contributed by atoms with E-state index in [9.17, 15) is 4.21 Å². The van der Waals surface area contributed by atoms with E-state index in [4.69, 9.17) is 4.28 Å². The molecule has 0 saturated carbocycles. The molecule has 4 nitrogen and oxygen atoms in total. The molecular weight excluding hydrogens is 154 g/mol. The highest BCUT2D eigenvalue weighted by Crippen LogP contribution is 1.93. The monoisotopic (exact) mass is 167 g/mol. The summed E-state index contributed by atoms with van der Waals surface area (Å²) in [6.45, 7) is 5.23. The van der Waals surface area contributed by atoms with Crippen molar-refractivity contribution in [1.82, 2.24) is 5.06 Å². The molecule has 0 aliphatic rings. The van der Waals surface area contributed by atoms with Crippen molar-refractivity contribution in [3.05, 3.63) is 0 Å². The standard InChI is InChI=1S/C5H13NO3S/c1-4-6(5-2)9-10(7)8-3/h4-5H2,1-3H3. The topological polar surface area (TPSA) is 38.8 Å². The summed E-state index contributed by atoms with van der Waals surface area (Å²) in [5, 5.41) is 1.56. The predicted octanol–water partition coefficient (Wildman–Crippen LogP) is 0.485. The molecule has 0 aromatic rings. The molecule has 0 aliphatic heterocycles. The van der Waals surface area contributed by atoms with Gasteiger partial charge in [0.1, 0.15) is 0 Å². The number of rotatable bonds is 5. The Morgan fingerprint density at radius 2 is 1.90 bits per heavy atom. The molecule has 5 heteroatoms. The summed E-state index contributed by atoms with van der Waals surface area (Å²) in [6, 6.07) is 0. The van der Waals surface area contributed by atoms with E-state index in [0.29, 0.717) is 13.1 Å². The number of hydrogen-bond donors (Lipinski definition) is 0. The van der Waals surface area contributed by atoms with Crippen molar-refractivity contribution < 1.29 is 12.7 Å². The van der Waals surface area contributed by atoms with Gasteiger partial charge < -0.3 is 0 Å². The summed E-state index contributed by atoms with van der Waals surface area (Å²) in [6.07, 6.45) is 0. The molecule has 0 fully saturated rings. The van der Waals surface area contributed by atoms with Gasteiger partial charge in [-0.2, -0.15) is 13.6 Å². The van der Waals surface area contributed by atoms with Crippen LogP contribution in [0.5, 0.6) is 0 Å². The number of nitrogens with zero attached hydrogens (tertiary/aromatic N) is 1. The quantitative estimate of drug-likeness (QED) is 0.558. The van der Waals surface area contributed by atoms with Crippen molar-refractivity contribution in [2.75, 3.05) is 20.2 Å². The van der Waals surface area contributed by atoms with Crippen LogP contribution in [0, 0.1) is 0 Å². The zero-order valence-electron chi connectivity index (χ0n) is 6.49. The largest absolute Gasteiger partial charge is 0.322 e. The molecule has 0 N–H and O–H groups in total. The van der Waals surface area contributed by atoms with E-state index in [1.807, 2.05) is 13.8 Å². The molecule has 0 heterocycles. The zero-order chi connectivity index (χ0) is 7.98. The van der Waals surface area contributed by atoms with E-state index < -0.39 is 11.4 Å². The first-order chi connectivity index (χ1) is 4.74. The number of hydroxylamine groups is 2. The Bertz CT molecular complexity index is 105. The highest BCUT2D eigenvalue weighted by Gasteiger charge is 2.03. The first-order valence-corrected chi connectivity index (χ1v) is 4.14. The van der Waals surface area contributed by atoms with Crippen LogP contribution in [0.2, 0.25) is 0 Å². The van der Waals surface area contributed by atoms with Crippen LogP contribution in [0.25, 0.3) is 0 Å². The minimum atomic E-state index is -1.63. The molecule has 62 valence electrons. The van der Waals surface area contributed by atoms with Crippen LogP contribution in [-0.2, 0) is 19.8 Å². The maximum Gasteiger partial charge on any atom is 0.322 e. The average Bonchev–Trinajstić information content (AvgIpc) is 1.99. The van der Waals surface area contributed by atoms with Crippen LogP contribution in [0.3, 0.4) is 0 Å². The highest BCUT2D eigenvalue weighted by molar-refractivity contribution is 7.75. The highest BCUT2D eigenvalue weighted by atomic mass is 32.2. The van der Waals surface area contributed by atoms with Gasteiger partial charge >= 0.3 is 11.4 Å². The van der Waals surface area contributed by atoms with Gasteiger partial charge in [0.25, 0.3) is 0 Å². The molecule has 0 aliphatic carbocycles. The van der Waals surface area contributed by atoms with Gasteiger partial charge in [-0.3, -0.25) is 4.18 Å². The van der Waals surface area contributed by atoms with Crippen LogP contribution in [-0.4, -0.2) is 29.5 Å². The third-order valence-corrected chi connectivity index (χ3v) is 1.61. The van der Waals surface area contributed by atoms with E-state index in [-0.39, 0.29) is 0 Å². The first kappa shape index (κ1) is 10.0. The summed E-state index contributed by atoms with van der Waals surface area (Å²) in [7, 11) is 1.33. The molecule has 0 amide bonds. The van der Waals surface area contributed by atoms with E-state index in [1.165, 1.54) is 7.11 Å². The molecule has 10 heavy (non-hydrogen) atoms. The maximum atomic E-state index is 10.6. The average molecular weight is 167 g/mol. The van der Waals surface area contributed by atoms with E-state index >= 15 is 0 Å². The smallest absolute Gasteiger partial charge is 0.271 e. The lowest BCUT2D eigenvalue weighted by molar-refractivity contribution is -0.0447. The van der Waals surface area contributed by atoms with Gasteiger partial charge in [-0.25, -0.2) is 0 Å². The van der Waals surface area contributed by atoms with Crippen molar-refractivity contribution in [2.24, 2.45) is 0 Å². The van der Waals surface area contributed by atoms with E-state index in [0.717, 1.165) is 0 Å². The van der Waals surface area contributed by atoms with Gasteiger partial charge in [0.15, 0.2) is 0 Å². The molecule has 0 saturated heterocycles. The molecule has 1 unspecified atom stereocenters. The van der Waals surface area contributed by atoms with Crippen LogP contribution >= 0.6 is 0 Å². The van der Waals surface area contributed by atoms with Crippen LogP contribution in [0.4, 0.5) is 0 Å². The number of hydrogen-bond acceptors (Lipinski definition) is 4. The Morgan fingerprint density at radius 1 is 1.40 bits per heavy atom. The molecule has 0 aromatic carbocycles. The molecule has 1 atom stereocenters. The summed E-state index contributed by atoms with van der Waals surface area (Å²) < 4.78 is 19.7. The lowest BCUT2D eigenvalue weighted by atomic mass is 10.6. The summed E-state index contributed by atoms with van der Waals surface area (Å²) in [4.78, 5) is 0. The summed E-state index contributed by atoms with van der Waals surface area (Å²) in [5.41, 5.74) is 0. The fourth-order valence-corrected chi connectivity index (χ4v) is 0.889. The van der Waals surface area contributed by atoms with Crippen LogP contribution < -0.4 is 0 Å². The minimum Gasteiger partial charge on any atom is -0.271 e. The van der Waals surface area contributed by atoms with Crippen LogP contribution in [0.15, 0.2) is 0 Å². The third-order valence-electron chi connectivity index (χ3n) is 1.01. The fraction of sp³-hybridized carbons (Fsp3) is 1.00. The lowest BCUT2D eigenvalue weighted by Gasteiger charge is -2.14. The van der Waals surface area contributed by atoms with Gasteiger partial charge in [-0.05, 0) is 0 Å². The van der Waals surface area contributed by atoms with Gasteiger partial charge in [-0.1, -0.05) is 13.8 Å². The second-order valence-electron chi connectivity index (χ2n) is 1.56. The van der Waals surface area contributed by atoms with E-state index in [2.05, 4.69) is 4.18 Å². The Hall–Kier alpha value is 0.0300. The van der Waals surface area contributed by atoms with Gasteiger partial charge in [0, 0.05) is 13.1 Å². The molecule has 0 spiro atoms. The Labute approximate surface area is 63.9 Å². The van der Waals surface area contributed by atoms with Gasteiger partial charge in [0.05, 0.1) is 7.11 Å². The normalized spacial score (nSPS) is 14.0. The molecular formula is C5H13NO3S. The SMILES string of the molecule is CCN(CC)OS(=O)OC. The Balaban J connectivity index is 3.52. The Morgan fingerprint density at radius 3 is 2.20 bits per heavy atom. The van der Waals surface area contributed by atoms with Crippen molar-refractivity contribution in [1.29, 1.82) is 0 Å². The minimum absolute atomic E-state index is 0.700.